The molecule has 0 aromatic heterocycles. The molecule has 1 saturated heterocycles. The summed E-state index contributed by atoms with van der Waals surface area (Å²) in [7, 11) is 1.62. The molecule has 0 bridgehead atoms. The molecule has 1 aliphatic heterocycles. The minimum Gasteiger partial charge on any atom is -0.495 e. The molecule has 1 atom stereocenters. The van der Waals surface area contributed by atoms with Gasteiger partial charge in [-0.05, 0) is 40.8 Å². The lowest BCUT2D eigenvalue weighted by Gasteiger charge is -2.19. The fourth-order valence-electron chi connectivity index (χ4n) is 1.80. The molecule has 1 unspecified atom stereocenters. The van der Waals surface area contributed by atoms with Gasteiger partial charge in [0.05, 0.1) is 12.8 Å². The predicted molar refractivity (Wildman–Crippen MR) is 75.5 cm³/mol. The van der Waals surface area contributed by atoms with Crippen molar-refractivity contribution in [3.63, 3.8) is 0 Å². The van der Waals surface area contributed by atoms with Crippen LogP contribution in [0.15, 0.2) is 18.2 Å². The first-order chi connectivity index (χ1) is 7.61. The first-order valence-corrected chi connectivity index (χ1v) is 6.53. The van der Waals surface area contributed by atoms with Gasteiger partial charge in [0.25, 0.3) is 0 Å². The number of ether oxygens (including phenoxy) is 1. The number of anilines is 1. The van der Waals surface area contributed by atoms with Crippen LogP contribution in [0.5, 0.6) is 5.75 Å². The van der Waals surface area contributed by atoms with E-state index in [1.165, 1.54) is 0 Å². The molecule has 1 heterocycles. The van der Waals surface area contributed by atoms with Crippen LogP contribution in [0.4, 0.5) is 5.69 Å². The van der Waals surface area contributed by atoms with Crippen molar-refractivity contribution < 1.29 is 9.53 Å². The monoisotopic (exact) mass is 349 g/mol. The van der Waals surface area contributed by atoms with Crippen LogP contribution in [0.25, 0.3) is 0 Å². The summed E-state index contributed by atoms with van der Waals surface area (Å²) in [6.45, 7) is 0.651. The van der Waals surface area contributed by atoms with E-state index in [1.807, 2.05) is 18.2 Å². The Bertz CT molecular complexity index is 424. The zero-order chi connectivity index (χ0) is 11.7. The van der Waals surface area contributed by atoms with E-state index in [-0.39, 0.29) is 11.2 Å². The molecule has 86 valence electrons. The van der Waals surface area contributed by atoms with Gasteiger partial charge in [-0.2, -0.15) is 12.6 Å². The molecule has 1 fully saturated rings. The Kier molecular flexibility index (Phi) is 3.63. The third-order valence-corrected chi connectivity index (χ3v) is 3.55. The molecule has 0 spiro atoms. The smallest absolute Gasteiger partial charge is 0.228 e. The Morgan fingerprint density at radius 1 is 1.56 bits per heavy atom. The van der Waals surface area contributed by atoms with Crippen molar-refractivity contribution in [2.45, 2.75) is 11.7 Å². The molecule has 1 aromatic rings. The van der Waals surface area contributed by atoms with Gasteiger partial charge >= 0.3 is 0 Å². The fourth-order valence-corrected chi connectivity index (χ4v) is 2.59. The molecular weight excluding hydrogens is 337 g/mol. The third-order valence-electron chi connectivity index (χ3n) is 2.54. The number of halogens is 1. The van der Waals surface area contributed by atoms with Gasteiger partial charge in [-0.15, -0.1) is 0 Å². The Balaban J connectivity index is 2.39. The maximum atomic E-state index is 11.8. The number of hydrogen-bond donors (Lipinski definition) is 1. The van der Waals surface area contributed by atoms with Crippen LogP contribution in [0.1, 0.15) is 6.42 Å². The Labute approximate surface area is 114 Å². The Morgan fingerprint density at radius 2 is 2.31 bits per heavy atom. The highest BCUT2D eigenvalue weighted by molar-refractivity contribution is 14.1. The van der Waals surface area contributed by atoms with Crippen LogP contribution in [0.3, 0.4) is 0 Å². The molecule has 1 aromatic carbocycles. The minimum absolute atomic E-state index is 0.111. The Morgan fingerprint density at radius 3 is 2.88 bits per heavy atom. The van der Waals surface area contributed by atoms with Crippen molar-refractivity contribution in [3.05, 3.63) is 21.8 Å². The molecule has 0 aliphatic carbocycles. The standard InChI is InChI=1S/C11H12INO2S/c1-15-10-3-2-7(12)4-9(10)13-6-8(16)5-11(13)14/h2-4,8,16H,5-6H2,1H3. The van der Waals surface area contributed by atoms with E-state index in [9.17, 15) is 4.79 Å². The molecule has 0 radical (unpaired) electrons. The molecular formula is C11H12INO2S. The van der Waals surface area contributed by atoms with Crippen LogP contribution >= 0.6 is 35.2 Å². The van der Waals surface area contributed by atoms with Crippen LogP contribution in [-0.2, 0) is 4.79 Å². The normalized spacial score (nSPS) is 20.3. The number of thiol groups is 1. The van der Waals surface area contributed by atoms with Crippen molar-refractivity contribution in [2.75, 3.05) is 18.6 Å². The number of methoxy groups -OCH3 is 1. The van der Waals surface area contributed by atoms with Gasteiger partial charge in [-0.1, -0.05) is 0 Å². The zero-order valence-electron chi connectivity index (χ0n) is 8.81. The number of rotatable bonds is 2. The van der Waals surface area contributed by atoms with Crippen LogP contribution in [0.2, 0.25) is 0 Å². The summed E-state index contributed by atoms with van der Waals surface area (Å²) < 4.78 is 6.36. The average molecular weight is 349 g/mol. The molecule has 1 aliphatic rings. The molecule has 1 amide bonds. The highest BCUT2D eigenvalue weighted by atomic mass is 127. The first-order valence-electron chi connectivity index (χ1n) is 4.94. The summed E-state index contributed by atoms with van der Waals surface area (Å²) in [5, 5.41) is 0.120. The SMILES string of the molecule is COc1ccc(I)cc1N1CC(S)CC1=O. The lowest BCUT2D eigenvalue weighted by Crippen LogP contribution is -2.25. The van der Waals surface area contributed by atoms with Crippen molar-refractivity contribution in [1.82, 2.24) is 0 Å². The summed E-state index contributed by atoms with van der Waals surface area (Å²) in [6.07, 6.45) is 0.498. The summed E-state index contributed by atoms with van der Waals surface area (Å²) in [6, 6.07) is 5.81. The van der Waals surface area contributed by atoms with Gasteiger partial charge in [0, 0.05) is 21.8 Å². The van der Waals surface area contributed by atoms with Gasteiger partial charge in [0.1, 0.15) is 5.75 Å². The lowest BCUT2D eigenvalue weighted by molar-refractivity contribution is -0.117. The maximum absolute atomic E-state index is 11.8. The van der Waals surface area contributed by atoms with E-state index in [4.69, 9.17) is 4.74 Å². The highest BCUT2D eigenvalue weighted by Gasteiger charge is 2.30. The number of carbonyl (C=O) groups excluding carboxylic acids is 1. The number of hydrogen-bond acceptors (Lipinski definition) is 3. The quantitative estimate of drug-likeness (QED) is 0.656. The van der Waals surface area contributed by atoms with Gasteiger partial charge in [0.2, 0.25) is 5.91 Å². The maximum Gasteiger partial charge on any atom is 0.228 e. The van der Waals surface area contributed by atoms with E-state index in [2.05, 4.69) is 35.2 Å². The minimum atomic E-state index is 0.111. The van der Waals surface area contributed by atoms with Crippen LogP contribution < -0.4 is 9.64 Å². The van der Waals surface area contributed by atoms with Gasteiger partial charge in [-0.25, -0.2) is 0 Å². The predicted octanol–water partition coefficient (Wildman–Crippen LogP) is 2.33. The van der Waals surface area contributed by atoms with Gasteiger partial charge in [0.15, 0.2) is 0 Å². The third kappa shape index (κ3) is 2.29. The second-order valence-corrected chi connectivity index (χ2v) is 5.65. The second-order valence-electron chi connectivity index (χ2n) is 3.68. The Hall–Kier alpha value is -0.430. The molecule has 5 heteroatoms. The summed E-state index contributed by atoms with van der Waals surface area (Å²) in [5.41, 5.74) is 0.843. The summed E-state index contributed by atoms with van der Waals surface area (Å²) in [5.74, 6) is 0.844. The lowest BCUT2D eigenvalue weighted by atomic mass is 10.2. The average Bonchev–Trinajstić information content (AvgIpc) is 2.57. The van der Waals surface area contributed by atoms with E-state index >= 15 is 0 Å². The zero-order valence-corrected chi connectivity index (χ0v) is 11.9. The first kappa shape index (κ1) is 12.0. The molecule has 0 N–H and O–H groups in total. The number of carbonyl (C=O) groups is 1. The highest BCUT2D eigenvalue weighted by Crippen LogP contribution is 2.33. The topological polar surface area (TPSA) is 29.5 Å². The van der Waals surface area contributed by atoms with E-state index < -0.39 is 0 Å². The molecule has 3 nitrogen and oxygen atoms in total. The number of nitrogens with zero attached hydrogens (tertiary/aromatic N) is 1. The van der Waals surface area contributed by atoms with E-state index in [1.54, 1.807) is 12.0 Å². The summed E-state index contributed by atoms with van der Waals surface area (Å²) in [4.78, 5) is 13.5. The second kappa shape index (κ2) is 4.83. The summed E-state index contributed by atoms with van der Waals surface area (Å²) >= 11 is 6.57. The van der Waals surface area contributed by atoms with Crippen molar-refractivity contribution >= 4 is 46.8 Å². The van der Waals surface area contributed by atoms with Crippen LogP contribution in [0, 0.1) is 3.57 Å². The fraction of sp³-hybridized carbons (Fsp3) is 0.364. The number of benzene rings is 1. The van der Waals surface area contributed by atoms with Crippen molar-refractivity contribution in [1.29, 1.82) is 0 Å². The van der Waals surface area contributed by atoms with E-state index in [0.29, 0.717) is 13.0 Å². The van der Waals surface area contributed by atoms with Gasteiger partial charge < -0.3 is 9.64 Å². The molecule has 2 rings (SSSR count). The largest absolute Gasteiger partial charge is 0.495 e. The van der Waals surface area contributed by atoms with Crippen molar-refractivity contribution in [3.8, 4) is 5.75 Å². The van der Waals surface area contributed by atoms with E-state index in [0.717, 1.165) is 15.0 Å². The van der Waals surface area contributed by atoms with Gasteiger partial charge in [-0.3, -0.25) is 4.79 Å². The molecule has 0 saturated carbocycles. The van der Waals surface area contributed by atoms with Crippen LogP contribution in [-0.4, -0.2) is 24.8 Å². The van der Waals surface area contributed by atoms with Crippen molar-refractivity contribution in [2.24, 2.45) is 0 Å². The number of amides is 1. The molecule has 16 heavy (non-hydrogen) atoms.